The number of fused-ring (bicyclic) bond motifs is 3. The lowest BCUT2D eigenvalue weighted by atomic mass is 10.1. The lowest BCUT2D eigenvalue weighted by Gasteiger charge is -2.09. The molecule has 0 radical (unpaired) electrons. The summed E-state index contributed by atoms with van der Waals surface area (Å²) in [4.78, 5) is -1.77. The lowest BCUT2D eigenvalue weighted by molar-refractivity contribution is 0.477. The molecule has 6 aromatic rings. The highest BCUT2D eigenvalue weighted by Gasteiger charge is 2.20. The molecule has 0 atom stereocenters. The molecular formula is C31H19N5O10S3. The van der Waals surface area contributed by atoms with Crippen molar-refractivity contribution in [2.75, 3.05) is 0 Å². The van der Waals surface area contributed by atoms with Crippen LogP contribution in [0.1, 0.15) is 5.56 Å². The summed E-state index contributed by atoms with van der Waals surface area (Å²) in [5.41, 5.74) is 0.249. The first-order valence-electron chi connectivity index (χ1n) is 13.6. The Morgan fingerprint density at radius 2 is 1.10 bits per heavy atom. The monoisotopic (exact) mass is 717 g/mol. The minimum absolute atomic E-state index is 0.0282. The molecule has 4 N–H and O–H groups in total. The number of hydrogen-bond acceptors (Lipinski definition) is 12. The molecule has 0 aromatic heterocycles. The zero-order valence-electron chi connectivity index (χ0n) is 24.4. The van der Waals surface area contributed by atoms with Crippen LogP contribution in [0.15, 0.2) is 126 Å². The van der Waals surface area contributed by atoms with E-state index in [9.17, 15) is 49.3 Å². The number of hydrogen-bond donors (Lipinski definition) is 4. The van der Waals surface area contributed by atoms with Crippen molar-refractivity contribution in [3.05, 3.63) is 96.6 Å². The Bertz CT molecular complexity index is 2830. The highest BCUT2D eigenvalue weighted by Crippen LogP contribution is 2.40. The summed E-state index contributed by atoms with van der Waals surface area (Å²) in [6.45, 7) is 0. The quantitative estimate of drug-likeness (QED) is 0.0941. The van der Waals surface area contributed by atoms with Gasteiger partial charge in [0.15, 0.2) is 0 Å². The van der Waals surface area contributed by atoms with Crippen LogP contribution in [0.5, 0.6) is 5.75 Å². The van der Waals surface area contributed by atoms with Gasteiger partial charge in [-0.05, 0) is 82.9 Å². The first kappa shape index (κ1) is 33.2. The van der Waals surface area contributed by atoms with Gasteiger partial charge in [0, 0.05) is 16.2 Å². The summed E-state index contributed by atoms with van der Waals surface area (Å²) in [6, 6.07) is 21.6. The van der Waals surface area contributed by atoms with Crippen LogP contribution < -0.4 is 0 Å². The fourth-order valence-electron chi connectivity index (χ4n) is 5.01. The van der Waals surface area contributed by atoms with Crippen molar-refractivity contribution >= 4 is 85.4 Å². The molecule has 0 fully saturated rings. The van der Waals surface area contributed by atoms with Crippen LogP contribution in [0.2, 0.25) is 0 Å². The molecule has 0 saturated carbocycles. The van der Waals surface area contributed by atoms with Gasteiger partial charge in [-0.1, -0.05) is 24.3 Å². The number of nitrogens with zero attached hydrogens (tertiary/aromatic N) is 5. The van der Waals surface area contributed by atoms with Gasteiger partial charge in [0.05, 0.1) is 32.8 Å². The van der Waals surface area contributed by atoms with Crippen molar-refractivity contribution in [3.63, 3.8) is 0 Å². The fourth-order valence-corrected chi connectivity index (χ4v) is 6.67. The van der Waals surface area contributed by atoms with E-state index >= 15 is 0 Å². The van der Waals surface area contributed by atoms with Gasteiger partial charge >= 0.3 is 0 Å². The molecule has 6 rings (SSSR count). The Labute approximate surface area is 277 Å². The topological polar surface area (TPSA) is 257 Å². The standard InChI is InChI=1S/C31H19N5O10S3/c32-16-17-1-6-23-19(11-17)3-10-29(37)31(23)36-34-26-8-9-27(25-15-22(48(41,42)43)5-7-24(25)26)33-35-28-13-18-2-4-21(47(38,39)40)12-20(18)14-30(28)49(44,45)46/h1-15,37H,(H,38,39,40)(H,41,42,43)(H,44,45,46)/b35-33+,36-34+. The molecule has 6 aromatic carbocycles. The second-order valence-electron chi connectivity index (χ2n) is 10.4. The van der Waals surface area contributed by atoms with Crippen LogP contribution in [0.25, 0.3) is 32.3 Å². The molecule has 0 aliphatic rings. The largest absolute Gasteiger partial charge is 0.506 e. The predicted molar refractivity (Wildman–Crippen MR) is 176 cm³/mol. The Kier molecular flexibility index (Phi) is 8.20. The van der Waals surface area contributed by atoms with Crippen LogP contribution >= 0.6 is 0 Å². The molecule has 0 aliphatic carbocycles. The van der Waals surface area contributed by atoms with Crippen molar-refractivity contribution in [2.45, 2.75) is 14.7 Å². The number of benzene rings is 6. The predicted octanol–water partition coefficient (Wildman–Crippen LogP) is 7.29. The third-order valence-electron chi connectivity index (χ3n) is 7.33. The van der Waals surface area contributed by atoms with Gasteiger partial charge in [-0.15, -0.1) is 20.5 Å². The Morgan fingerprint density at radius 1 is 0.510 bits per heavy atom. The number of rotatable bonds is 7. The van der Waals surface area contributed by atoms with Crippen LogP contribution in [0.4, 0.5) is 22.7 Å². The molecule has 0 bridgehead atoms. The van der Waals surface area contributed by atoms with E-state index in [2.05, 4.69) is 20.5 Å². The van der Waals surface area contributed by atoms with Gasteiger partial charge in [0.1, 0.15) is 22.0 Å². The first-order chi connectivity index (χ1) is 23.0. The van der Waals surface area contributed by atoms with Crippen LogP contribution in [0.3, 0.4) is 0 Å². The molecule has 0 aliphatic heterocycles. The van der Waals surface area contributed by atoms with E-state index in [1.54, 1.807) is 24.3 Å². The summed E-state index contributed by atoms with van der Waals surface area (Å²) in [5.74, 6) is -0.205. The van der Waals surface area contributed by atoms with E-state index < -0.39 is 45.0 Å². The molecule has 18 heteroatoms. The zero-order valence-corrected chi connectivity index (χ0v) is 26.8. The SMILES string of the molecule is N#Cc1ccc2c(/N=N/c3ccc(/N=N/c4cc5ccc(S(=O)(=O)O)cc5cc4S(=O)(=O)O)c4cc(S(=O)(=O)O)ccc34)c(O)ccc2c1. The number of nitriles is 1. The first-order valence-corrected chi connectivity index (χ1v) is 17.9. The van der Waals surface area contributed by atoms with E-state index in [0.717, 1.165) is 30.3 Å². The molecule has 0 saturated heterocycles. The smallest absolute Gasteiger partial charge is 0.296 e. The average molecular weight is 718 g/mol. The van der Waals surface area contributed by atoms with Gasteiger partial charge < -0.3 is 5.11 Å². The lowest BCUT2D eigenvalue weighted by Crippen LogP contribution is -2.00. The molecule has 49 heavy (non-hydrogen) atoms. The molecule has 0 heterocycles. The van der Waals surface area contributed by atoms with E-state index in [0.29, 0.717) is 16.3 Å². The van der Waals surface area contributed by atoms with Gasteiger partial charge in [0.2, 0.25) is 0 Å². The molecular weight excluding hydrogens is 699 g/mol. The number of azo groups is 2. The van der Waals surface area contributed by atoms with Gasteiger partial charge in [-0.25, -0.2) is 0 Å². The maximum Gasteiger partial charge on any atom is 0.296 e. The summed E-state index contributed by atoms with van der Waals surface area (Å²) < 4.78 is 101. The molecule has 0 spiro atoms. The summed E-state index contributed by atoms with van der Waals surface area (Å²) in [5, 5.41) is 38.0. The zero-order chi connectivity index (χ0) is 35.3. The highest BCUT2D eigenvalue weighted by atomic mass is 32.2. The summed E-state index contributed by atoms with van der Waals surface area (Å²) >= 11 is 0. The Balaban J connectivity index is 1.50. The van der Waals surface area contributed by atoms with Crippen molar-refractivity contribution in [2.24, 2.45) is 20.5 Å². The van der Waals surface area contributed by atoms with E-state index in [1.807, 2.05) is 6.07 Å². The second-order valence-corrected chi connectivity index (χ2v) is 14.7. The third kappa shape index (κ3) is 6.70. The normalized spacial score (nSPS) is 12.8. The molecule has 246 valence electrons. The fraction of sp³-hybridized carbons (Fsp3) is 0. The number of phenols is 1. The highest BCUT2D eigenvalue weighted by molar-refractivity contribution is 7.86. The van der Waals surface area contributed by atoms with Crippen molar-refractivity contribution in [1.29, 1.82) is 5.26 Å². The Hall–Kier alpha value is -5.68. The average Bonchev–Trinajstić information content (AvgIpc) is 3.04. The minimum atomic E-state index is -4.95. The number of phenolic OH excluding ortho intramolecular Hbond substituents is 1. The Morgan fingerprint density at radius 3 is 1.78 bits per heavy atom. The van der Waals surface area contributed by atoms with Crippen LogP contribution in [0, 0.1) is 11.3 Å². The molecule has 15 nitrogen and oxygen atoms in total. The van der Waals surface area contributed by atoms with E-state index in [-0.39, 0.29) is 50.0 Å². The molecule has 0 unspecified atom stereocenters. The summed E-state index contributed by atoms with van der Waals surface area (Å²) in [7, 11) is -14.3. The van der Waals surface area contributed by atoms with Crippen LogP contribution in [-0.2, 0) is 30.4 Å². The number of aromatic hydroxyl groups is 1. The van der Waals surface area contributed by atoms with Crippen molar-refractivity contribution in [3.8, 4) is 11.8 Å². The van der Waals surface area contributed by atoms with Gasteiger partial charge in [0.25, 0.3) is 30.4 Å². The molecule has 0 amide bonds. The third-order valence-corrected chi connectivity index (χ3v) is 9.91. The van der Waals surface area contributed by atoms with Crippen LogP contribution in [-0.4, -0.2) is 44.0 Å². The van der Waals surface area contributed by atoms with Crippen molar-refractivity contribution in [1.82, 2.24) is 0 Å². The summed E-state index contributed by atoms with van der Waals surface area (Å²) in [6.07, 6.45) is 0. The minimum Gasteiger partial charge on any atom is -0.506 e. The maximum atomic E-state index is 12.3. The second kappa shape index (κ2) is 12.1. The maximum absolute atomic E-state index is 12.3. The van der Waals surface area contributed by atoms with Gasteiger partial charge in [-0.3, -0.25) is 13.7 Å². The van der Waals surface area contributed by atoms with E-state index in [4.69, 9.17) is 0 Å². The van der Waals surface area contributed by atoms with E-state index in [1.165, 1.54) is 36.4 Å². The van der Waals surface area contributed by atoms with Crippen molar-refractivity contribution < 1.29 is 44.0 Å². The van der Waals surface area contributed by atoms with Gasteiger partial charge in [-0.2, -0.15) is 30.5 Å².